The van der Waals surface area contributed by atoms with Crippen molar-refractivity contribution in [2.24, 2.45) is 5.41 Å². The van der Waals surface area contributed by atoms with E-state index in [4.69, 9.17) is 5.11 Å². The van der Waals surface area contributed by atoms with Gasteiger partial charge in [-0.05, 0) is 23.3 Å². The van der Waals surface area contributed by atoms with Crippen LogP contribution in [0.25, 0.3) is 12.2 Å². The van der Waals surface area contributed by atoms with E-state index in [1.165, 1.54) is 27.8 Å². The molecule has 1 N–H and O–H groups in total. The third-order valence-corrected chi connectivity index (χ3v) is 5.61. The monoisotopic (exact) mass is 483 g/mol. The molecule has 0 unspecified atom stereocenters. The van der Waals surface area contributed by atoms with Crippen molar-refractivity contribution in [3.8, 4) is 5.75 Å². The topological polar surface area (TPSA) is 20.2 Å². The number of para-hydroxylation sites is 1. The molecule has 0 saturated heterocycles. The van der Waals surface area contributed by atoms with Crippen LogP contribution >= 0.6 is 0 Å². The molecular formula is C32H35OTi-. The zero-order valence-electron chi connectivity index (χ0n) is 20.9. The van der Waals surface area contributed by atoms with E-state index in [1.807, 2.05) is 42.5 Å². The Morgan fingerprint density at radius 2 is 1.03 bits per heavy atom. The van der Waals surface area contributed by atoms with Crippen molar-refractivity contribution in [3.63, 3.8) is 0 Å². The average Bonchev–Trinajstić information content (AvgIpc) is 3.00. The van der Waals surface area contributed by atoms with E-state index in [0.29, 0.717) is 5.75 Å². The molecule has 2 heteroatoms. The van der Waals surface area contributed by atoms with Crippen molar-refractivity contribution in [2.45, 2.75) is 34.6 Å². The predicted molar refractivity (Wildman–Crippen MR) is 144 cm³/mol. The average molecular weight is 483 g/mol. The van der Waals surface area contributed by atoms with Crippen LogP contribution in [-0.2, 0) is 21.7 Å². The van der Waals surface area contributed by atoms with Gasteiger partial charge < -0.3 is 5.11 Å². The van der Waals surface area contributed by atoms with Crippen LogP contribution in [0.15, 0.2) is 120 Å². The number of phenols is 1. The van der Waals surface area contributed by atoms with Crippen LogP contribution in [0.2, 0.25) is 0 Å². The predicted octanol–water partition coefficient (Wildman–Crippen LogP) is 8.91. The molecule has 0 atom stereocenters. The molecule has 34 heavy (non-hydrogen) atoms. The molecule has 3 aromatic carbocycles. The van der Waals surface area contributed by atoms with Crippen molar-refractivity contribution in [3.05, 3.63) is 137 Å². The summed E-state index contributed by atoms with van der Waals surface area (Å²) in [5.41, 5.74) is 6.84. The first kappa shape index (κ1) is 29.2. The van der Waals surface area contributed by atoms with Crippen LogP contribution in [0, 0.1) is 11.5 Å². The summed E-state index contributed by atoms with van der Waals surface area (Å²) >= 11 is 0. The molecule has 0 saturated carbocycles. The van der Waals surface area contributed by atoms with Crippen molar-refractivity contribution in [2.75, 3.05) is 0 Å². The molecule has 0 fully saturated rings. The molecule has 174 valence electrons. The summed E-state index contributed by atoms with van der Waals surface area (Å²) < 4.78 is 0. The van der Waals surface area contributed by atoms with Crippen molar-refractivity contribution < 1.29 is 26.8 Å². The Hall–Kier alpha value is -2.87. The maximum absolute atomic E-state index is 8.63. The maximum Gasteiger partial charge on any atom is 0.115 e. The Bertz CT molecular complexity index is 1040. The molecule has 1 nitrogen and oxygen atoms in total. The zero-order valence-corrected chi connectivity index (χ0v) is 22.5. The fourth-order valence-electron chi connectivity index (χ4n) is 3.30. The van der Waals surface area contributed by atoms with Gasteiger partial charge in [-0.15, -0.1) is 6.92 Å². The van der Waals surface area contributed by atoms with Gasteiger partial charge in [0.15, 0.2) is 0 Å². The Morgan fingerprint density at radius 3 is 1.26 bits per heavy atom. The Balaban J connectivity index is 0.000000275. The Morgan fingerprint density at radius 1 is 0.647 bits per heavy atom. The van der Waals surface area contributed by atoms with Gasteiger partial charge in [0.1, 0.15) is 5.75 Å². The van der Waals surface area contributed by atoms with E-state index in [0.717, 1.165) is 0 Å². The van der Waals surface area contributed by atoms with Gasteiger partial charge in [-0.1, -0.05) is 136 Å². The minimum Gasteiger partial charge on any atom is -0.508 e. The van der Waals surface area contributed by atoms with Crippen molar-refractivity contribution >= 4 is 12.2 Å². The van der Waals surface area contributed by atoms with Gasteiger partial charge in [-0.25, -0.2) is 5.57 Å². The summed E-state index contributed by atoms with van der Waals surface area (Å²) in [5.74, 6) is 0.322. The summed E-state index contributed by atoms with van der Waals surface area (Å²) in [7, 11) is 0. The number of allylic oxidation sites excluding steroid dienone is 6. The largest absolute Gasteiger partial charge is 0.508 e. The number of hydrogen-bond donors (Lipinski definition) is 1. The van der Waals surface area contributed by atoms with Crippen molar-refractivity contribution in [1.82, 2.24) is 0 Å². The molecule has 0 heterocycles. The molecule has 0 aromatic heterocycles. The number of phenolic OH excluding ortho intramolecular Hbond substituents is 1. The van der Waals surface area contributed by atoms with E-state index in [-0.39, 0.29) is 27.1 Å². The van der Waals surface area contributed by atoms with Crippen LogP contribution in [-0.4, -0.2) is 5.11 Å². The Labute approximate surface area is 221 Å². The maximum atomic E-state index is 8.63. The molecule has 1 aliphatic rings. The summed E-state index contributed by atoms with van der Waals surface area (Å²) in [4.78, 5) is 0. The molecule has 3 aromatic rings. The van der Waals surface area contributed by atoms with Gasteiger partial charge in [0.05, 0.1) is 0 Å². The summed E-state index contributed by atoms with van der Waals surface area (Å²) in [5, 5.41) is 8.63. The molecular weight excluding hydrogens is 448 g/mol. The van der Waals surface area contributed by atoms with Crippen LogP contribution in [0.1, 0.15) is 45.7 Å². The molecule has 0 bridgehead atoms. The summed E-state index contributed by atoms with van der Waals surface area (Å²) in [6.45, 7) is 10.9. The first-order chi connectivity index (χ1) is 15.8. The van der Waals surface area contributed by atoms with Gasteiger partial charge in [0.25, 0.3) is 0 Å². The van der Waals surface area contributed by atoms with E-state index in [2.05, 4.69) is 89.3 Å². The standard InChI is InChI=1S/C16H14.C10H15.C6H6O.Ti/c1-3-9-15(10-4-1)13-7-8-14-16-11-5-2-6-12-16;1-7-6-10(4,5)9(3)8(7)2;7-6-4-2-1-3-5-6;/h1-14H;1-5H3;1-5,7H;/q;-1;;/b13-7+,14-8+;;;. The van der Waals surface area contributed by atoms with Gasteiger partial charge in [0.2, 0.25) is 0 Å². The molecule has 1 aliphatic carbocycles. The number of aromatic hydroxyl groups is 1. The van der Waals surface area contributed by atoms with E-state index < -0.39 is 0 Å². The normalized spacial score (nSPS) is 14.0. The number of benzene rings is 3. The van der Waals surface area contributed by atoms with Crippen molar-refractivity contribution in [1.29, 1.82) is 0 Å². The minimum atomic E-state index is 0. The Kier molecular flexibility index (Phi) is 13.0. The van der Waals surface area contributed by atoms with Crippen LogP contribution in [0.3, 0.4) is 0 Å². The fraction of sp³-hybridized carbons (Fsp3) is 0.188. The van der Waals surface area contributed by atoms with E-state index >= 15 is 0 Å². The summed E-state index contributed by atoms with van der Waals surface area (Å²) in [6, 6.07) is 29.3. The smallest absolute Gasteiger partial charge is 0.115 e. The van der Waals surface area contributed by atoms with Crippen LogP contribution in [0.5, 0.6) is 5.75 Å². The number of hydrogen-bond acceptors (Lipinski definition) is 1. The van der Waals surface area contributed by atoms with Gasteiger partial charge in [0, 0.05) is 21.7 Å². The van der Waals surface area contributed by atoms with E-state index in [1.54, 1.807) is 24.3 Å². The minimum absolute atomic E-state index is 0. The quantitative estimate of drug-likeness (QED) is 0.224. The molecule has 0 amide bonds. The van der Waals surface area contributed by atoms with Crippen LogP contribution in [0.4, 0.5) is 0 Å². The molecule has 0 spiro atoms. The molecule has 0 aliphatic heterocycles. The third-order valence-electron chi connectivity index (χ3n) is 5.61. The fourth-order valence-corrected chi connectivity index (χ4v) is 3.30. The van der Waals surface area contributed by atoms with Gasteiger partial charge in [-0.3, -0.25) is 6.08 Å². The third kappa shape index (κ3) is 10.4. The van der Waals surface area contributed by atoms with Crippen LogP contribution < -0.4 is 0 Å². The first-order valence-electron chi connectivity index (χ1n) is 11.3. The molecule has 0 radical (unpaired) electrons. The SMILES string of the molecule is C(/C=C/c1ccccc1)=C\c1ccccc1.CC1=[C-]C(C)(C)C(C)=C1C.Oc1ccccc1.[Ti]. The second-order valence-corrected chi connectivity index (χ2v) is 8.50. The zero-order chi connectivity index (χ0) is 24.1. The van der Waals surface area contributed by atoms with E-state index in [9.17, 15) is 0 Å². The molecule has 4 rings (SSSR count). The summed E-state index contributed by atoms with van der Waals surface area (Å²) in [6.07, 6.45) is 11.7. The van der Waals surface area contributed by atoms with Gasteiger partial charge >= 0.3 is 0 Å². The van der Waals surface area contributed by atoms with Gasteiger partial charge in [-0.2, -0.15) is 11.1 Å². The second kappa shape index (κ2) is 15.1. The number of rotatable bonds is 3. The first-order valence-corrected chi connectivity index (χ1v) is 11.3. The second-order valence-electron chi connectivity index (χ2n) is 8.50.